The first-order valence-electron chi connectivity index (χ1n) is 10.3. The van der Waals surface area contributed by atoms with Gasteiger partial charge in [-0.3, -0.25) is 0 Å². The molecule has 0 N–H and O–H groups in total. The number of carbonyl (C=O) groups excluding carboxylic acids is 1. The smallest absolute Gasteiger partial charge is 0.483 e. The lowest BCUT2D eigenvalue weighted by atomic mass is 10.1. The molecule has 0 bridgehead atoms. The zero-order valence-corrected chi connectivity index (χ0v) is 19.5. The summed E-state index contributed by atoms with van der Waals surface area (Å²) < 4.78 is 43.0. The molecule has 3 aromatic carbocycles. The standard InChI is InChI=1S/C25H22O6S2/c1-2-29-25(26)31-24-23(21-14-8-9-15-22(21)32-24)30-16-18-10-6-7-11-19(18)17-33(27,28)20-12-4-3-5-13-20/h3-15H,2,16-17H2,1H3. The van der Waals surface area contributed by atoms with Crippen LogP contribution in [0, 0.1) is 0 Å². The van der Waals surface area contributed by atoms with Gasteiger partial charge in [-0.1, -0.05) is 65.9 Å². The monoisotopic (exact) mass is 482 g/mol. The van der Waals surface area contributed by atoms with E-state index in [0.717, 1.165) is 15.6 Å². The van der Waals surface area contributed by atoms with Crippen LogP contribution in [0.15, 0.2) is 83.8 Å². The van der Waals surface area contributed by atoms with Crippen LogP contribution in [0.1, 0.15) is 18.1 Å². The number of ether oxygens (including phenoxy) is 3. The van der Waals surface area contributed by atoms with E-state index in [1.165, 1.54) is 11.3 Å². The second kappa shape index (κ2) is 10.1. The van der Waals surface area contributed by atoms with Gasteiger partial charge in [-0.15, -0.1) is 0 Å². The minimum Gasteiger partial charge on any atom is -0.483 e. The van der Waals surface area contributed by atoms with E-state index in [1.807, 2.05) is 36.4 Å². The Morgan fingerprint density at radius 2 is 1.55 bits per heavy atom. The maximum absolute atomic E-state index is 12.9. The molecule has 6 nitrogen and oxygen atoms in total. The lowest BCUT2D eigenvalue weighted by Gasteiger charge is -2.12. The Hall–Kier alpha value is -3.36. The van der Waals surface area contributed by atoms with Crippen molar-refractivity contribution in [1.29, 1.82) is 0 Å². The van der Waals surface area contributed by atoms with Crippen molar-refractivity contribution in [3.63, 3.8) is 0 Å². The molecule has 4 aromatic rings. The molecule has 0 radical (unpaired) electrons. The molecular weight excluding hydrogens is 460 g/mol. The fourth-order valence-electron chi connectivity index (χ4n) is 3.33. The summed E-state index contributed by atoms with van der Waals surface area (Å²) in [5, 5.41) is 1.10. The average Bonchev–Trinajstić information content (AvgIpc) is 3.16. The summed E-state index contributed by atoms with van der Waals surface area (Å²) in [4.78, 5) is 12.2. The first-order valence-corrected chi connectivity index (χ1v) is 12.8. The minimum atomic E-state index is -3.51. The van der Waals surface area contributed by atoms with Crippen LogP contribution in [0.25, 0.3) is 10.1 Å². The molecule has 0 fully saturated rings. The minimum absolute atomic E-state index is 0.112. The highest BCUT2D eigenvalue weighted by molar-refractivity contribution is 7.90. The molecule has 1 heterocycles. The van der Waals surface area contributed by atoms with Crippen molar-refractivity contribution < 1.29 is 27.4 Å². The lowest BCUT2D eigenvalue weighted by Crippen LogP contribution is -2.10. The molecule has 33 heavy (non-hydrogen) atoms. The van der Waals surface area contributed by atoms with Crippen molar-refractivity contribution in [3.8, 4) is 10.8 Å². The Morgan fingerprint density at radius 1 is 0.879 bits per heavy atom. The molecule has 0 aliphatic rings. The molecule has 1 aromatic heterocycles. The van der Waals surface area contributed by atoms with Crippen LogP contribution in [0.2, 0.25) is 0 Å². The van der Waals surface area contributed by atoms with E-state index in [9.17, 15) is 13.2 Å². The lowest BCUT2D eigenvalue weighted by molar-refractivity contribution is 0.104. The third-order valence-corrected chi connectivity index (χ3v) is 7.61. The maximum atomic E-state index is 12.9. The van der Waals surface area contributed by atoms with Gasteiger partial charge in [0.2, 0.25) is 5.06 Å². The van der Waals surface area contributed by atoms with Gasteiger partial charge >= 0.3 is 6.16 Å². The van der Waals surface area contributed by atoms with E-state index in [0.29, 0.717) is 16.4 Å². The largest absolute Gasteiger partial charge is 0.514 e. The molecular formula is C25H22O6S2. The van der Waals surface area contributed by atoms with Gasteiger partial charge in [-0.25, -0.2) is 13.2 Å². The zero-order valence-electron chi connectivity index (χ0n) is 17.9. The van der Waals surface area contributed by atoms with Gasteiger partial charge in [0, 0.05) is 10.1 Å². The van der Waals surface area contributed by atoms with Crippen LogP contribution < -0.4 is 9.47 Å². The van der Waals surface area contributed by atoms with Gasteiger partial charge in [0.1, 0.15) is 6.61 Å². The Balaban J connectivity index is 1.60. The predicted molar refractivity (Wildman–Crippen MR) is 128 cm³/mol. The Bertz CT molecular complexity index is 1360. The molecule has 8 heteroatoms. The molecule has 0 saturated heterocycles. The van der Waals surface area contributed by atoms with Crippen molar-refractivity contribution in [2.45, 2.75) is 24.2 Å². The fraction of sp³-hybridized carbons (Fsp3) is 0.160. The molecule has 170 valence electrons. The number of benzene rings is 3. The summed E-state index contributed by atoms with van der Waals surface area (Å²) >= 11 is 1.28. The van der Waals surface area contributed by atoms with Crippen LogP contribution in [-0.2, 0) is 26.9 Å². The van der Waals surface area contributed by atoms with Crippen LogP contribution >= 0.6 is 11.3 Å². The van der Waals surface area contributed by atoms with E-state index in [-0.39, 0.29) is 23.9 Å². The number of sulfone groups is 1. The van der Waals surface area contributed by atoms with Crippen molar-refractivity contribution in [3.05, 3.63) is 90.0 Å². The van der Waals surface area contributed by atoms with Gasteiger partial charge in [0.15, 0.2) is 15.6 Å². The van der Waals surface area contributed by atoms with Crippen LogP contribution in [0.5, 0.6) is 10.8 Å². The van der Waals surface area contributed by atoms with E-state index in [1.54, 1.807) is 49.4 Å². The van der Waals surface area contributed by atoms with E-state index >= 15 is 0 Å². The highest BCUT2D eigenvalue weighted by Gasteiger charge is 2.20. The van der Waals surface area contributed by atoms with E-state index < -0.39 is 16.0 Å². The molecule has 0 unspecified atom stereocenters. The normalized spacial score (nSPS) is 11.3. The van der Waals surface area contributed by atoms with E-state index in [2.05, 4.69) is 0 Å². The number of hydrogen-bond donors (Lipinski definition) is 0. The number of carbonyl (C=O) groups is 1. The van der Waals surface area contributed by atoms with Crippen LogP contribution in [0.3, 0.4) is 0 Å². The highest BCUT2D eigenvalue weighted by atomic mass is 32.2. The van der Waals surface area contributed by atoms with Crippen LogP contribution in [-0.4, -0.2) is 21.2 Å². The molecule has 0 spiro atoms. The third kappa shape index (κ3) is 5.35. The molecule has 4 rings (SSSR count). The van der Waals surface area contributed by atoms with Crippen molar-refractivity contribution >= 4 is 37.4 Å². The quantitative estimate of drug-likeness (QED) is 0.287. The molecule has 0 amide bonds. The molecule has 0 saturated carbocycles. The number of rotatable bonds is 8. The summed E-state index contributed by atoms with van der Waals surface area (Å²) in [6.45, 7) is 2.01. The summed E-state index contributed by atoms with van der Waals surface area (Å²) in [7, 11) is -3.51. The molecule has 0 aliphatic carbocycles. The van der Waals surface area contributed by atoms with E-state index in [4.69, 9.17) is 14.2 Å². The van der Waals surface area contributed by atoms with Gasteiger partial charge < -0.3 is 14.2 Å². The highest BCUT2D eigenvalue weighted by Crippen LogP contribution is 2.44. The van der Waals surface area contributed by atoms with Crippen molar-refractivity contribution in [2.75, 3.05) is 6.61 Å². The predicted octanol–water partition coefficient (Wildman–Crippen LogP) is 5.99. The first-order chi connectivity index (χ1) is 16.0. The first kappa shape index (κ1) is 22.8. The molecule has 0 aliphatic heterocycles. The Kier molecular flexibility index (Phi) is 6.96. The summed E-state index contributed by atoms with van der Waals surface area (Å²) in [5.74, 6) is 0.275. The Labute approximate surface area is 196 Å². The van der Waals surface area contributed by atoms with Crippen LogP contribution in [0.4, 0.5) is 4.79 Å². The van der Waals surface area contributed by atoms with Gasteiger partial charge in [-0.05, 0) is 42.3 Å². The molecule has 0 atom stereocenters. The average molecular weight is 483 g/mol. The maximum Gasteiger partial charge on any atom is 0.514 e. The van der Waals surface area contributed by atoms with Crippen molar-refractivity contribution in [1.82, 2.24) is 0 Å². The Morgan fingerprint density at radius 3 is 2.30 bits per heavy atom. The SMILES string of the molecule is CCOC(=O)Oc1sc2ccccc2c1OCc1ccccc1CS(=O)(=O)c1ccccc1. The van der Waals surface area contributed by atoms with Gasteiger partial charge in [-0.2, -0.15) is 0 Å². The second-order valence-electron chi connectivity index (χ2n) is 7.13. The number of fused-ring (bicyclic) bond motifs is 1. The topological polar surface area (TPSA) is 78.9 Å². The van der Waals surface area contributed by atoms with Gasteiger partial charge in [0.25, 0.3) is 0 Å². The second-order valence-corrected chi connectivity index (χ2v) is 10.1. The van der Waals surface area contributed by atoms with Crippen molar-refractivity contribution in [2.24, 2.45) is 0 Å². The summed E-state index contributed by atoms with van der Waals surface area (Å²) in [5.41, 5.74) is 1.38. The summed E-state index contributed by atoms with van der Waals surface area (Å²) in [6, 6.07) is 23.2. The fourth-order valence-corrected chi connectivity index (χ4v) is 5.75. The number of thiophene rings is 1. The summed E-state index contributed by atoms with van der Waals surface area (Å²) in [6.07, 6.45) is -0.803. The third-order valence-electron chi connectivity index (χ3n) is 4.90. The van der Waals surface area contributed by atoms with Gasteiger partial charge in [0.05, 0.1) is 17.3 Å². The number of hydrogen-bond acceptors (Lipinski definition) is 7. The zero-order chi connectivity index (χ0) is 23.3.